The molecule has 21 heavy (non-hydrogen) atoms. The summed E-state index contributed by atoms with van der Waals surface area (Å²) < 4.78 is 8.14. The Kier molecular flexibility index (Phi) is 5.67. The Hall–Kier alpha value is -1.24. The standard InChI is InChI=1S/C14H25BrN4O2/c1-10-11(15)12(19(7)16-10)17(5)8-9-18(6)13(20)21-14(2,3)4/h8-9H2,1-7H3. The van der Waals surface area contributed by atoms with Gasteiger partial charge in [-0.1, -0.05) is 0 Å². The topological polar surface area (TPSA) is 50.6 Å². The minimum atomic E-state index is -0.473. The number of likely N-dealkylation sites (N-methyl/N-ethyl adjacent to an activating group) is 2. The molecule has 0 saturated carbocycles. The zero-order chi connectivity index (χ0) is 16.4. The predicted molar refractivity (Wildman–Crippen MR) is 87.8 cm³/mol. The van der Waals surface area contributed by atoms with Crippen molar-refractivity contribution < 1.29 is 9.53 Å². The highest BCUT2D eigenvalue weighted by atomic mass is 79.9. The highest BCUT2D eigenvalue weighted by molar-refractivity contribution is 9.10. The monoisotopic (exact) mass is 360 g/mol. The summed E-state index contributed by atoms with van der Waals surface area (Å²) in [6.45, 7) is 8.80. The van der Waals surface area contributed by atoms with E-state index in [4.69, 9.17) is 4.74 Å². The fourth-order valence-corrected chi connectivity index (χ4v) is 2.51. The number of carbonyl (C=O) groups is 1. The van der Waals surface area contributed by atoms with Crippen LogP contribution in [-0.2, 0) is 11.8 Å². The van der Waals surface area contributed by atoms with Crippen molar-refractivity contribution >= 4 is 27.8 Å². The van der Waals surface area contributed by atoms with E-state index < -0.39 is 5.60 Å². The summed E-state index contributed by atoms with van der Waals surface area (Å²) in [5.74, 6) is 0.991. The number of ether oxygens (including phenoxy) is 1. The fourth-order valence-electron chi connectivity index (χ4n) is 1.87. The Labute approximate surface area is 135 Å². The van der Waals surface area contributed by atoms with Gasteiger partial charge in [-0.05, 0) is 43.6 Å². The molecule has 120 valence electrons. The van der Waals surface area contributed by atoms with E-state index in [2.05, 4.69) is 25.9 Å². The summed E-state index contributed by atoms with van der Waals surface area (Å²) in [7, 11) is 5.62. The van der Waals surface area contributed by atoms with E-state index in [9.17, 15) is 4.79 Å². The van der Waals surface area contributed by atoms with Crippen LogP contribution in [0.2, 0.25) is 0 Å². The fraction of sp³-hybridized carbons (Fsp3) is 0.714. The third kappa shape index (κ3) is 4.91. The maximum absolute atomic E-state index is 11.9. The second-order valence-electron chi connectivity index (χ2n) is 6.17. The molecule has 1 aromatic rings. The van der Waals surface area contributed by atoms with Gasteiger partial charge in [-0.2, -0.15) is 5.10 Å². The molecule has 7 heteroatoms. The van der Waals surface area contributed by atoms with Crippen molar-refractivity contribution in [1.29, 1.82) is 0 Å². The molecule has 0 aromatic carbocycles. The number of anilines is 1. The minimum absolute atomic E-state index is 0.309. The lowest BCUT2D eigenvalue weighted by Gasteiger charge is -2.27. The summed E-state index contributed by atoms with van der Waals surface area (Å²) in [6, 6.07) is 0. The summed E-state index contributed by atoms with van der Waals surface area (Å²) in [6.07, 6.45) is -0.309. The van der Waals surface area contributed by atoms with Crippen LogP contribution in [0.25, 0.3) is 0 Å². The van der Waals surface area contributed by atoms with E-state index in [1.165, 1.54) is 0 Å². The molecule has 0 aliphatic carbocycles. The molecular formula is C14H25BrN4O2. The first-order valence-electron chi connectivity index (χ1n) is 6.87. The van der Waals surface area contributed by atoms with Crippen LogP contribution in [0.4, 0.5) is 10.6 Å². The molecule has 0 aliphatic rings. The lowest BCUT2D eigenvalue weighted by Crippen LogP contribution is -2.38. The van der Waals surface area contributed by atoms with Crippen molar-refractivity contribution in [3.8, 4) is 0 Å². The molecule has 0 atom stereocenters. The number of halogens is 1. The van der Waals surface area contributed by atoms with E-state index in [1.54, 1.807) is 11.9 Å². The first-order chi connectivity index (χ1) is 9.53. The molecule has 0 radical (unpaired) electrons. The smallest absolute Gasteiger partial charge is 0.410 e. The molecular weight excluding hydrogens is 336 g/mol. The van der Waals surface area contributed by atoms with E-state index in [-0.39, 0.29) is 6.09 Å². The summed E-state index contributed by atoms with van der Waals surface area (Å²) >= 11 is 3.55. The number of amides is 1. The first-order valence-corrected chi connectivity index (χ1v) is 7.66. The highest BCUT2D eigenvalue weighted by Gasteiger charge is 2.20. The van der Waals surface area contributed by atoms with Gasteiger partial charge in [-0.3, -0.25) is 4.68 Å². The number of aryl methyl sites for hydroxylation is 2. The molecule has 1 amide bonds. The van der Waals surface area contributed by atoms with E-state index in [1.807, 2.05) is 46.5 Å². The van der Waals surface area contributed by atoms with Gasteiger partial charge in [0.05, 0.1) is 10.2 Å². The normalized spacial score (nSPS) is 11.4. The van der Waals surface area contributed by atoms with Crippen LogP contribution < -0.4 is 4.90 Å². The average molecular weight is 361 g/mol. The lowest BCUT2D eigenvalue weighted by molar-refractivity contribution is 0.0303. The predicted octanol–water partition coefficient (Wildman–Crippen LogP) is 2.79. The Morgan fingerprint density at radius 1 is 1.33 bits per heavy atom. The molecule has 0 spiro atoms. The minimum Gasteiger partial charge on any atom is -0.444 e. The van der Waals surface area contributed by atoms with Gasteiger partial charge in [0, 0.05) is 34.2 Å². The van der Waals surface area contributed by atoms with Gasteiger partial charge < -0.3 is 14.5 Å². The zero-order valence-corrected chi connectivity index (χ0v) is 15.5. The van der Waals surface area contributed by atoms with Gasteiger partial charge in [0.25, 0.3) is 0 Å². The van der Waals surface area contributed by atoms with Crippen molar-refractivity contribution in [1.82, 2.24) is 14.7 Å². The molecule has 0 fully saturated rings. The van der Waals surface area contributed by atoms with Crippen LogP contribution in [-0.4, -0.2) is 53.6 Å². The molecule has 1 rings (SSSR count). The largest absolute Gasteiger partial charge is 0.444 e. The average Bonchev–Trinajstić information content (AvgIpc) is 2.57. The first kappa shape index (κ1) is 17.8. The van der Waals surface area contributed by atoms with E-state index >= 15 is 0 Å². The van der Waals surface area contributed by atoms with Gasteiger partial charge in [0.2, 0.25) is 0 Å². The van der Waals surface area contributed by atoms with Crippen molar-refractivity contribution in [2.45, 2.75) is 33.3 Å². The third-order valence-electron chi connectivity index (χ3n) is 2.96. The SMILES string of the molecule is Cc1nn(C)c(N(C)CCN(C)C(=O)OC(C)(C)C)c1Br. The van der Waals surface area contributed by atoms with Crippen LogP contribution >= 0.6 is 15.9 Å². The lowest BCUT2D eigenvalue weighted by atomic mass is 10.2. The number of hydrogen-bond donors (Lipinski definition) is 0. The van der Waals surface area contributed by atoms with E-state index in [0.29, 0.717) is 13.1 Å². The van der Waals surface area contributed by atoms with Gasteiger partial charge in [-0.15, -0.1) is 0 Å². The van der Waals surface area contributed by atoms with Crippen molar-refractivity contribution in [2.24, 2.45) is 7.05 Å². The zero-order valence-electron chi connectivity index (χ0n) is 13.9. The molecule has 0 N–H and O–H groups in total. The quantitative estimate of drug-likeness (QED) is 0.828. The second-order valence-corrected chi connectivity index (χ2v) is 6.96. The maximum atomic E-state index is 11.9. The summed E-state index contributed by atoms with van der Waals surface area (Å²) in [5, 5.41) is 4.37. The Morgan fingerprint density at radius 3 is 2.33 bits per heavy atom. The molecule has 0 aliphatic heterocycles. The third-order valence-corrected chi connectivity index (χ3v) is 3.89. The van der Waals surface area contributed by atoms with Crippen molar-refractivity contribution in [2.75, 3.05) is 32.1 Å². The number of rotatable bonds is 4. The molecule has 6 nitrogen and oxygen atoms in total. The molecule has 0 bridgehead atoms. The molecule has 1 heterocycles. The highest BCUT2D eigenvalue weighted by Crippen LogP contribution is 2.27. The van der Waals surface area contributed by atoms with Gasteiger partial charge in [-0.25, -0.2) is 4.79 Å². The van der Waals surface area contributed by atoms with Gasteiger partial charge in [0.1, 0.15) is 11.4 Å². The van der Waals surface area contributed by atoms with Crippen molar-refractivity contribution in [3.63, 3.8) is 0 Å². The van der Waals surface area contributed by atoms with Gasteiger partial charge in [0.15, 0.2) is 0 Å². The molecule has 0 unspecified atom stereocenters. The van der Waals surface area contributed by atoms with E-state index in [0.717, 1.165) is 16.0 Å². The number of nitrogens with zero attached hydrogens (tertiary/aromatic N) is 4. The van der Waals surface area contributed by atoms with Crippen LogP contribution in [0.1, 0.15) is 26.5 Å². The van der Waals surface area contributed by atoms with Crippen LogP contribution in [0.15, 0.2) is 4.47 Å². The Morgan fingerprint density at radius 2 is 1.90 bits per heavy atom. The summed E-state index contributed by atoms with van der Waals surface area (Å²) in [5.41, 5.74) is 0.472. The molecule has 1 aromatic heterocycles. The van der Waals surface area contributed by atoms with Crippen LogP contribution in [0.5, 0.6) is 0 Å². The molecule has 0 saturated heterocycles. The Balaban J connectivity index is 2.60. The Bertz CT molecular complexity index is 508. The van der Waals surface area contributed by atoms with Gasteiger partial charge >= 0.3 is 6.09 Å². The maximum Gasteiger partial charge on any atom is 0.410 e. The van der Waals surface area contributed by atoms with Crippen LogP contribution in [0, 0.1) is 6.92 Å². The number of carbonyl (C=O) groups excluding carboxylic acids is 1. The number of aromatic nitrogens is 2. The van der Waals surface area contributed by atoms with Crippen molar-refractivity contribution in [3.05, 3.63) is 10.2 Å². The summed E-state index contributed by atoms with van der Waals surface area (Å²) in [4.78, 5) is 15.5. The van der Waals surface area contributed by atoms with Crippen LogP contribution in [0.3, 0.4) is 0 Å². The second kappa shape index (κ2) is 6.68. The number of hydrogen-bond acceptors (Lipinski definition) is 4.